The first kappa shape index (κ1) is 19.2. The monoisotopic (exact) mass is 415 g/mol. The third-order valence-corrected chi connectivity index (χ3v) is 5.41. The van der Waals surface area contributed by atoms with Gasteiger partial charge in [0.1, 0.15) is 11.3 Å². The van der Waals surface area contributed by atoms with Gasteiger partial charge in [-0.15, -0.1) is 0 Å². The summed E-state index contributed by atoms with van der Waals surface area (Å²) in [6.07, 6.45) is 0. The number of imide groups is 1. The Bertz CT molecular complexity index is 1350. The fourth-order valence-electron chi connectivity index (χ4n) is 4.11. The molecule has 5 rings (SSSR count). The van der Waals surface area contributed by atoms with Crippen molar-refractivity contribution in [2.75, 3.05) is 5.73 Å². The van der Waals surface area contributed by atoms with E-state index in [4.69, 9.17) is 5.73 Å². The van der Waals surface area contributed by atoms with Crippen LogP contribution in [0.25, 0.3) is 21.9 Å². The molecule has 0 unspecified atom stereocenters. The van der Waals surface area contributed by atoms with E-state index in [9.17, 15) is 14.7 Å². The maximum Gasteiger partial charge on any atom is 0.261 e. The highest BCUT2D eigenvalue weighted by Gasteiger charge is 2.36. The van der Waals surface area contributed by atoms with Gasteiger partial charge in [0, 0.05) is 5.39 Å². The average molecular weight is 415 g/mol. The first-order valence-electron chi connectivity index (χ1n) is 9.95. The van der Waals surface area contributed by atoms with Crippen molar-refractivity contribution in [3.63, 3.8) is 0 Å². The number of aliphatic hydroxyl groups is 1. The topological polar surface area (TPSA) is 114 Å². The SMILES string of the molecule is CC(C)(O)Cn1c(CN2C(=O)c3ccccc3C2=O)nc2c(N)nc3ccccc3c21. The van der Waals surface area contributed by atoms with Gasteiger partial charge in [-0.25, -0.2) is 9.97 Å². The van der Waals surface area contributed by atoms with Crippen molar-refractivity contribution < 1.29 is 14.7 Å². The number of pyridine rings is 1. The van der Waals surface area contributed by atoms with Crippen LogP contribution in [0.2, 0.25) is 0 Å². The van der Waals surface area contributed by atoms with Crippen LogP contribution in [0.3, 0.4) is 0 Å². The molecule has 8 nitrogen and oxygen atoms in total. The Morgan fingerprint density at radius 3 is 2.23 bits per heavy atom. The molecule has 0 radical (unpaired) electrons. The molecule has 156 valence electrons. The van der Waals surface area contributed by atoms with Crippen LogP contribution in [0.4, 0.5) is 5.82 Å². The molecule has 31 heavy (non-hydrogen) atoms. The normalized spacial score (nSPS) is 14.1. The van der Waals surface area contributed by atoms with Crippen LogP contribution in [0.5, 0.6) is 0 Å². The van der Waals surface area contributed by atoms with Gasteiger partial charge >= 0.3 is 0 Å². The minimum absolute atomic E-state index is 0.0368. The Labute approximate surface area is 177 Å². The van der Waals surface area contributed by atoms with Crippen molar-refractivity contribution in [1.29, 1.82) is 0 Å². The molecule has 0 saturated carbocycles. The van der Waals surface area contributed by atoms with E-state index in [1.807, 2.05) is 28.8 Å². The second kappa shape index (κ2) is 6.61. The molecule has 2 aromatic heterocycles. The number of nitrogen functional groups attached to an aromatic ring is 1. The Hall–Kier alpha value is -3.78. The lowest BCUT2D eigenvalue weighted by Crippen LogP contribution is -2.32. The van der Waals surface area contributed by atoms with Crippen molar-refractivity contribution in [2.45, 2.75) is 32.5 Å². The number of carbonyl (C=O) groups excluding carboxylic acids is 2. The summed E-state index contributed by atoms with van der Waals surface area (Å²) in [4.78, 5) is 36.0. The van der Waals surface area contributed by atoms with Gasteiger partial charge in [0.2, 0.25) is 0 Å². The van der Waals surface area contributed by atoms with E-state index in [2.05, 4.69) is 9.97 Å². The lowest BCUT2D eigenvalue weighted by Gasteiger charge is -2.22. The zero-order valence-corrected chi connectivity index (χ0v) is 17.2. The molecule has 0 saturated heterocycles. The highest BCUT2D eigenvalue weighted by molar-refractivity contribution is 6.21. The Morgan fingerprint density at radius 1 is 0.968 bits per heavy atom. The van der Waals surface area contributed by atoms with E-state index in [0.717, 1.165) is 10.9 Å². The molecule has 3 heterocycles. The van der Waals surface area contributed by atoms with E-state index in [1.165, 1.54) is 4.90 Å². The molecule has 8 heteroatoms. The first-order valence-corrected chi connectivity index (χ1v) is 9.95. The van der Waals surface area contributed by atoms with Gasteiger partial charge in [0.25, 0.3) is 11.8 Å². The van der Waals surface area contributed by atoms with Gasteiger partial charge in [-0.2, -0.15) is 0 Å². The summed E-state index contributed by atoms with van der Waals surface area (Å²) in [6, 6.07) is 14.3. The van der Waals surface area contributed by atoms with E-state index in [1.54, 1.807) is 38.1 Å². The van der Waals surface area contributed by atoms with Gasteiger partial charge < -0.3 is 15.4 Å². The number of imidazole rings is 1. The fraction of sp³-hybridized carbons (Fsp3) is 0.217. The summed E-state index contributed by atoms with van der Waals surface area (Å²) in [5.74, 6) is -0.0138. The number of amides is 2. The standard InChI is InChI=1S/C23H21N5O3/c1-23(2,31)12-28-17(11-27-21(29)13-7-3-4-8-14(13)22(27)30)26-18-19(28)15-9-5-6-10-16(15)25-20(18)24/h3-10,31H,11-12H2,1-2H3,(H2,24,25). The number of anilines is 1. The maximum absolute atomic E-state index is 12.9. The lowest BCUT2D eigenvalue weighted by atomic mass is 10.1. The molecule has 1 aliphatic heterocycles. The van der Waals surface area contributed by atoms with Crippen molar-refractivity contribution in [2.24, 2.45) is 0 Å². The smallest absolute Gasteiger partial charge is 0.261 e. The zero-order chi connectivity index (χ0) is 21.9. The molecule has 0 spiro atoms. The van der Waals surface area contributed by atoms with Gasteiger partial charge in [0.15, 0.2) is 5.82 Å². The Morgan fingerprint density at radius 2 is 1.58 bits per heavy atom. The number of hydrogen-bond donors (Lipinski definition) is 2. The summed E-state index contributed by atoms with van der Waals surface area (Å²) >= 11 is 0. The number of benzene rings is 2. The molecule has 3 N–H and O–H groups in total. The molecular weight excluding hydrogens is 394 g/mol. The Kier molecular flexibility index (Phi) is 4.10. The summed E-state index contributed by atoms with van der Waals surface area (Å²) < 4.78 is 1.83. The molecule has 2 amide bonds. The first-order chi connectivity index (χ1) is 14.7. The number of nitrogens with zero attached hydrogens (tertiary/aromatic N) is 4. The highest BCUT2D eigenvalue weighted by atomic mass is 16.3. The maximum atomic E-state index is 12.9. The van der Waals surface area contributed by atoms with Crippen molar-refractivity contribution in [1.82, 2.24) is 19.4 Å². The second-order valence-corrected chi connectivity index (χ2v) is 8.38. The van der Waals surface area contributed by atoms with Crippen LogP contribution < -0.4 is 5.73 Å². The molecular formula is C23H21N5O3. The number of rotatable bonds is 4. The third-order valence-electron chi connectivity index (χ3n) is 5.41. The van der Waals surface area contributed by atoms with Crippen molar-refractivity contribution in [3.8, 4) is 0 Å². The molecule has 0 atom stereocenters. The number of aromatic nitrogens is 3. The van der Waals surface area contributed by atoms with Crippen molar-refractivity contribution >= 4 is 39.6 Å². The van der Waals surface area contributed by atoms with Crippen molar-refractivity contribution in [3.05, 3.63) is 65.5 Å². The fourth-order valence-corrected chi connectivity index (χ4v) is 4.11. The van der Waals surface area contributed by atoms with Crippen LogP contribution in [0.15, 0.2) is 48.5 Å². The molecule has 0 bridgehead atoms. The van der Waals surface area contributed by atoms with Gasteiger partial charge in [-0.1, -0.05) is 30.3 Å². The quantitative estimate of drug-likeness (QED) is 0.496. The van der Waals surface area contributed by atoms with Crippen LogP contribution in [0, 0.1) is 0 Å². The second-order valence-electron chi connectivity index (χ2n) is 8.38. The predicted octanol–water partition coefficient (Wildman–Crippen LogP) is 2.73. The summed E-state index contributed by atoms with van der Waals surface area (Å²) in [5, 5.41) is 11.4. The van der Waals surface area contributed by atoms with E-state index in [0.29, 0.717) is 28.0 Å². The molecule has 2 aromatic carbocycles. The predicted molar refractivity (Wildman–Crippen MR) is 116 cm³/mol. The zero-order valence-electron chi connectivity index (χ0n) is 17.2. The summed E-state index contributed by atoms with van der Waals surface area (Å²) in [6.45, 7) is 3.55. The summed E-state index contributed by atoms with van der Waals surface area (Å²) in [7, 11) is 0. The number of hydrogen-bond acceptors (Lipinski definition) is 6. The highest BCUT2D eigenvalue weighted by Crippen LogP contribution is 2.31. The number of para-hydroxylation sites is 1. The number of nitrogens with two attached hydrogens (primary N) is 1. The van der Waals surface area contributed by atoms with Gasteiger partial charge in [0.05, 0.1) is 40.9 Å². The van der Waals surface area contributed by atoms with E-state index >= 15 is 0 Å². The minimum Gasteiger partial charge on any atom is -0.389 e. The minimum atomic E-state index is -1.07. The molecule has 4 aromatic rings. The average Bonchev–Trinajstić information content (AvgIpc) is 3.19. The lowest BCUT2D eigenvalue weighted by molar-refractivity contribution is 0.0588. The van der Waals surface area contributed by atoms with Crippen LogP contribution >= 0.6 is 0 Å². The van der Waals surface area contributed by atoms with E-state index in [-0.39, 0.29) is 30.7 Å². The van der Waals surface area contributed by atoms with Crippen LogP contribution in [0.1, 0.15) is 40.4 Å². The Balaban J connectivity index is 1.70. The third kappa shape index (κ3) is 3.03. The number of fused-ring (bicyclic) bond motifs is 4. The molecule has 1 aliphatic rings. The van der Waals surface area contributed by atoms with Crippen LogP contribution in [-0.4, -0.2) is 42.0 Å². The number of carbonyl (C=O) groups is 2. The largest absolute Gasteiger partial charge is 0.389 e. The van der Waals surface area contributed by atoms with Crippen LogP contribution in [-0.2, 0) is 13.1 Å². The van der Waals surface area contributed by atoms with E-state index < -0.39 is 5.60 Å². The van der Waals surface area contributed by atoms with Gasteiger partial charge in [-0.05, 0) is 32.0 Å². The molecule has 0 aliphatic carbocycles. The summed E-state index contributed by atoms with van der Waals surface area (Å²) in [5.41, 5.74) is 7.80. The van der Waals surface area contributed by atoms with Gasteiger partial charge in [-0.3, -0.25) is 14.5 Å². The molecule has 0 fully saturated rings.